The molecule has 0 aromatic heterocycles. The maximum atomic E-state index is 12.3. The van der Waals surface area contributed by atoms with Crippen LogP contribution in [0.1, 0.15) is 19.4 Å². The monoisotopic (exact) mass is 313 g/mol. The van der Waals surface area contributed by atoms with Crippen LogP contribution >= 0.6 is 11.6 Å². The van der Waals surface area contributed by atoms with Crippen LogP contribution in [0, 0.1) is 5.92 Å². The smallest absolute Gasteiger partial charge is 0.323 e. The van der Waals surface area contributed by atoms with E-state index in [1.807, 2.05) is 13.8 Å². The molecule has 0 atom stereocenters. The van der Waals surface area contributed by atoms with Crippen LogP contribution in [0.3, 0.4) is 0 Å². The number of ether oxygens (including phenoxy) is 1. The predicted molar refractivity (Wildman–Crippen MR) is 80.8 cm³/mol. The molecule has 6 heteroatoms. The van der Waals surface area contributed by atoms with Crippen molar-refractivity contribution in [1.29, 1.82) is 0 Å². The molecule has 0 aliphatic rings. The lowest BCUT2D eigenvalue weighted by molar-refractivity contribution is -0.144. The van der Waals surface area contributed by atoms with Gasteiger partial charge in [-0.25, -0.2) is 0 Å². The molecule has 0 saturated carbocycles. The number of hydrogen-bond donors (Lipinski definition) is 1. The summed E-state index contributed by atoms with van der Waals surface area (Å²) in [6.45, 7) is 3.96. The summed E-state index contributed by atoms with van der Waals surface area (Å²) in [5.74, 6) is -0.532. The number of hydrogen-bond acceptors (Lipinski definition) is 3. The molecule has 1 aromatic rings. The quantitative estimate of drug-likeness (QED) is 0.839. The third-order valence-electron chi connectivity index (χ3n) is 2.85. The highest BCUT2D eigenvalue weighted by atomic mass is 35.5. The highest BCUT2D eigenvalue weighted by Gasteiger charge is 2.19. The van der Waals surface area contributed by atoms with Gasteiger partial charge in [-0.1, -0.05) is 25.4 Å². The van der Waals surface area contributed by atoms with E-state index >= 15 is 0 Å². The standard InChI is InChI=1S/C15H20ClNO4/c1-10(2)8-17(9-15(19)20)14(18)7-11-6-12(16)4-5-13(11)21-3/h4-6,10H,7-9H2,1-3H3,(H,19,20). The summed E-state index contributed by atoms with van der Waals surface area (Å²) in [4.78, 5) is 24.6. The van der Waals surface area contributed by atoms with Gasteiger partial charge in [0, 0.05) is 17.1 Å². The number of carboxylic acid groups (broad SMARTS) is 1. The maximum absolute atomic E-state index is 12.3. The van der Waals surface area contributed by atoms with Gasteiger partial charge in [0.2, 0.25) is 5.91 Å². The van der Waals surface area contributed by atoms with Crippen molar-refractivity contribution in [1.82, 2.24) is 4.90 Å². The number of methoxy groups -OCH3 is 1. The van der Waals surface area contributed by atoms with Crippen LogP contribution < -0.4 is 4.74 Å². The van der Waals surface area contributed by atoms with Crippen LogP contribution in [-0.2, 0) is 16.0 Å². The molecule has 0 radical (unpaired) electrons. The number of nitrogens with zero attached hydrogens (tertiary/aromatic N) is 1. The zero-order chi connectivity index (χ0) is 16.0. The van der Waals surface area contributed by atoms with E-state index in [1.165, 1.54) is 12.0 Å². The van der Waals surface area contributed by atoms with Crippen molar-refractivity contribution in [3.8, 4) is 5.75 Å². The molecule has 0 unspecified atom stereocenters. The number of carbonyl (C=O) groups is 2. The third-order valence-corrected chi connectivity index (χ3v) is 3.08. The minimum atomic E-state index is -1.03. The van der Waals surface area contributed by atoms with Gasteiger partial charge in [-0.2, -0.15) is 0 Å². The van der Waals surface area contributed by atoms with Gasteiger partial charge in [-0.15, -0.1) is 0 Å². The Morgan fingerprint density at radius 1 is 1.38 bits per heavy atom. The summed E-state index contributed by atoms with van der Waals surface area (Å²) >= 11 is 5.93. The molecule has 1 amide bonds. The second-order valence-corrected chi connectivity index (χ2v) is 5.63. The Bertz CT molecular complexity index is 516. The molecule has 0 fully saturated rings. The first-order valence-corrected chi connectivity index (χ1v) is 7.03. The van der Waals surface area contributed by atoms with Crippen molar-refractivity contribution in [2.45, 2.75) is 20.3 Å². The fraction of sp³-hybridized carbons (Fsp3) is 0.467. The first-order valence-electron chi connectivity index (χ1n) is 6.65. The molecular formula is C15H20ClNO4. The van der Waals surface area contributed by atoms with Crippen molar-refractivity contribution in [3.05, 3.63) is 28.8 Å². The third kappa shape index (κ3) is 5.63. The van der Waals surface area contributed by atoms with Gasteiger partial charge >= 0.3 is 5.97 Å². The van der Waals surface area contributed by atoms with Gasteiger partial charge < -0.3 is 14.7 Å². The summed E-state index contributed by atoms with van der Waals surface area (Å²) in [7, 11) is 1.51. The summed E-state index contributed by atoms with van der Waals surface area (Å²) < 4.78 is 5.20. The van der Waals surface area contributed by atoms with Crippen molar-refractivity contribution >= 4 is 23.5 Å². The summed E-state index contributed by atoms with van der Waals surface area (Å²) in [6.07, 6.45) is 0.0593. The summed E-state index contributed by atoms with van der Waals surface area (Å²) in [5, 5.41) is 9.42. The van der Waals surface area contributed by atoms with Gasteiger partial charge in [0.05, 0.1) is 13.5 Å². The molecular weight excluding hydrogens is 294 g/mol. The second-order valence-electron chi connectivity index (χ2n) is 5.19. The highest BCUT2D eigenvalue weighted by Crippen LogP contribution is 2.23. The molecule has 1 aromatic carbocycles. The molecule has 5 nitrogen and oxygen atoms in total. The average molecular weight is 314 g/mol. The fourth-order valence-corrected chi connectivity index (χ4v) is 2.21. The van der Waals surface area contributed by atoms with Gasteiger partial charge in [0.25, 0.3) is 0 Å². The second kappa shape index (κ2) is 7.88. The lowest BCUT2D eigenvalue weighted by atomic mass is 10.1. The van der Waals surface area contributed by atoms with E-state index in [0.717, 1.165) is 0 Å². The van der Waals surface area contributed by atoms with Crippen molar-refractivity contribution in [3.63, 3.8) is 0 Å². The van der Waals surface area contributed by atoms with Gasteiger partial charge in [0.1, 0.15) is 12.3 Å². The number of aliphatic carboxylic acids is 1. The summed E-state index contributed by atoms with van der Waals surface area (Å²) in [5.41, 5.74) is 0.647. The van der Waals surface area contributed by atoms with E-state index in [4.69, 9.17) is 21.4 Å². The number of amides is 1. The van der Waals surface area contributed by atoms with Crippen LogP contribution in [0.15, 0.2) is 18.2 Å². The Morgan fingerprint density at radius 3 is 2.57 bits per heavy atom. The van der Waals surface area contributed by atoms with Gasteiger partial charge in [-0.3, -0.25) is 9.59 Å². The average Bonchev–Trinajstić information content (AvgIpc) is 2.37. The number of carbonyl (C=O) groups excluding carboxylic acids is 1. The fourth-order valence-electron chi connectivity index (χ4n) is 2.02. The largest absolute Gasteiger partial charge is 0.496 e. The molecule has 0 bridgehead atoms. The predicted octanol–water partition coefficient (Wildman–Crippen LogP) is 2.46. The molecule has 116 valence electrons. The Kier molecular flexibility index (Phi) is 6.49. The van der Waals surface area contributed by atoms with E-state index < -0.39 is 5.97 Å². The van der Waals surface area contributed by atoms with Crippen LogP contribution in [-0.4, -0.2) is 42.1 Å². The number of carboxylic acids is 1. The highest BCUT2D eigenvalue weighted by molar-refractivity contribution is 6.30. The van der Waals surface area contributed by atoms with E-state index in [2.05, 4.69) is 0 Å². The normalized spacial score (nSPS) is 10.5. The Balaban J connectivity index is 2.90. The van der Waals surface area contributed by atoms with Crippen LogP contribution in [0.5, 0.6) is 5.75 Å². The van der Waals surface area contributed by atoms with Crippen LogP contribution in [0.2, 0.25) is 5.02 Å². The molecule has 0 saturated heterocycles. The number of rotatable bonds is 7. The Labute approximate surface area is 129 Å². The molecule has 0 aliphatic heterocycles. The molecule has 0 aliphatic carbocycles. The summed E-state index contributed by atoms with van der Waals surface area (Å²) in [6, 6.07) is 5.03. The molecule has 21 heavy (non-hydrogen) atoms. The van der Waals surface area contributed by atoms with E-state index in [1.54, 1.807) is 18.2 Å². The maximum Gasteiger partial charge on any atom is 0.323 e. The molecule has 1 N–H and O–H groups in total. The minimum absolute atomic E-state index is 0.0593. The minimum Gasteiger partial charge on any atom is -0.496 e. The van der Waals surface area contributed by atoms with Crippen LogP contribution in [0.25, 0.3) is 0 Å². The van der Waals surface area contributed by atoms with Gasteiger partial charge in [0.15, 0.2) is 0 Å². The van der Waals surface area contributed by atoms with E-state index in [9.17, 15) is 9.59 Å². The van der Waals surface area contributed by atoms with Crippen LogP contribution in [0.4, 0.5) is 0 Å². The SMILES string of the molecule is COc1ccc(Cl)cc1CC(=O)N(CC(=O)O)CC(C)C. The number of benzene rings is 1. The zero-order valence-electron chi connectivity index (χ0n) is 12.4. The number of halogens is 1. The molecule has 1 rings (SSSR count). The lowest BCUT2D eigenvalue weighted by Crippen LogP contribution is -2.39. The van der Waals surface area contributed by atoms with Gasteiger partial charge in [-0.05, 0) is 24.1 Å². The zero-order valence-corrected chi connectivity index (χ0v) is 13.2. The van der Waals surface area contributed by atoms with Crippen molar-refractivity contribution in [2.24, 2.45) is 5.92 Å². The van der Waals surface area contributed by atoms with Crippen molar-refractivity contribution in [2.75, 3.05) is 20.2 Å². The van der Waals surface area contributed by atoms with E-state index in [0.29, 0.717) is 22.9 Å². The van der Waals surface area contributed by atoms with E-state index in [-0.39, 0.29) is 24.8 Å². The Morgan fingerprint density at radius 2 is 2.05 bits per heavy atom. The first-order chi connectivity index (χ1) is 9.83. The molecule has 0 spiro atoms. The first kappa shape index (κ1) is 17.3. The van der Waals surface area contributed by atoms with Crippen molar-refractivity contribution < 1.29 is 19.4 Å². The topological polar surface area (TPSA) is 66.8 Å². The molecule has 0 heterocycles. The lowest BCUT2D eigenvalue weighted by Gasteiger charge is -2.23. The Hall–Kier alpha value is -1.75.